The van der Waals surface area contributed by atoms with E-state index in [1.54, 1.807) is 13.2 Å². The minimum atomic E-state index is 0.572. The molecule has 0 atom stereocenters. The zero-order valence-electron chi connectivity index (χ0n) is 8.77. The molecular weight excluding hydrogens is 188 g/mol. The zero-order chi connectivity index (χ0) is 10.7. The average Bonchev–Trinajstić information content (AvgIpc) is 3.10. The molecule has 0 aliphatic heterocycles. The molecule has 0 amide bonds. The second-order valence-electron chi connectivity index (χ2n) is 3.76. The second kappa shape index (κ2) is 4.30. The lowest BCUT2D eigenvalue weighted by Crippen LogP contribution is -1.89. The van der Waals surface area contributed by atoms with Gasteiger partial charge in [-0.25, -0.2) is 0 Å². The number of hydrogen-bond acceptors (Lipinski definition) is 2. The third-order valence-corrected chi connectivity index (χ3v) is 2.67. The highest BCUT2D eigenvalue weighted by Crippen LogP contribution is 2.42. The van der Waals surface area contributed by atoms with Crippen LogP contribution in [0.1, 0.15) is 18.4 Å². The number of carbonyl (C=O) groups is 1. The van der Waals surface area contributed by atoms with Crippen LogP contribution in [0.3, 0.4) is 0 Å². The standard InChI is InChI=1S/C13H14O2/c1-15-12-4-2-3-11(9-12)13(7-8-14)10-5-6-10/h2-4,7-10H,5-6H2,1H3/b13-7-. The summed E-state index contributed by atoms with van der Waals surface area (Å²) in [6, 6.07) is 7.87. The van der Waals surface area contributed by atoms with Gasteiger partial charge in [0.05, 0.1) is 7.11 Å². The van der Waals surface area contributed by atoms with Gasteiger partial charge in [0.1, 0.15) is 12.0 Å². The number of benzene rings is 1. The topological polar surface area (TPSA) is 26.3 Å². The van der Waals surface area contributed by atoms with Crippen LogP contribution in [-0.4, -0.2) is 13.4 Å². The molecule has 1 aliphatic carbocycles. The molecule has 15 heavy (non-hydrogen) atoms. The van der Waals surface area contributed by atoms with Gasteiger partial charge in [-0.2, -0.15) is 0 Å². The van der Waals surface area contributed by atoms with Crippen LogP contribution < -0.4 is 4.74 Å². The summed E-state index contributed by atoms with van der Waals surface area (Å²) in [6.07, 6.45) is 4.92. The lowest BCUT2D eigenvalue weighted by molar-refractivity contribution is -0.104. The summed E-state index contributed by atoms with van der Waals surface area (Å²) in [5, 5.41) is 0. The smallest absolute Gasteiger partial charge is 0.143 e. The maximum atomic E-state index is 10.6. The van der Waals surface area contributed by atoms with E-state index in [0.29, 0.717) is 5.92 Å². The van der Waals surface area contributed by atoms with E-state index >= 15 is 0 Å². The average molecular weight is 202 g/mol. The Hall–Kier alpha value is -1.57. The Morgan fingerprint density at radius 3 is 2.87 bits per heavy atom. The fraction of sp³-hybridized carbons (Fsp3) is 0.308. The Balaban J connectivity index is 2.32. The highest BCUT2D eigenvalue weighted by atomic mass is 16.5. The third-order valence-electron chi connectivity index (χ3n) is 2.67. The lowest BCUT2D eigenvalue weighted by Gasteiger charge is -2.07. The summed E-state index contributed by atoms with van der Waals surface area (Å²) in [4.78, 5) is 10.6. The predicted molar refractivity (Wildman–Crippen MR) is 59.8 cm³/mol. The van der Waals surface area contributed by atoms with Crippen LogP contribution in [0.4, 0.5) is 0 Å². The van der Waals surface area contributed by atoms with E-state index in [4.69, 9.17) is 4.74 Å². The Morgan fingerprint density at radius 2 is 2.27 bits per heavy atom. The van der Waals surface area contributed by atoms with Crippen LogP contribution in [0, 0.1) is 5.92 Å². The molecule has 1 saturated carbocycles. The van der Waals surface area contributed by atoms with Gasteiger partial charge < -0.3 is 4.74 Å². The first-order valence-corrected chi connectivity index (χ1v) is 5.15. The van der Waals surface area contributed by atoms with E-state index in [9.17, 15) is 4.79 Å². The molecule has 1 aromatic carbocycles. The number of aldehydes is 1. The van der Waals surface area contributed by atoms with E-state index in [0.717, 1.165) is 23.2 Å². The summed E-state index contributed by atoms with van der Waals surface area (Å²) in [6.45, 7) is 0. The first-order chi connectivity index (χ1) is 7.35. The molecular formula is C13H14O2. The normalized spacial score (nSPS) is 16.2. The molecule has 1 fully saturated rings. The van der Waals surface area contributed by atoms with Crippen molar-refractivity contribution in [1.82, 2.24) is 0 Å². The third kappa shape index (κ3) is 2.27. The number of methoxy groups -OCH3 is 1. The van der Waals surface area contributed by atoms with Crippen molar-refractivity contribution in [3.63, 3.8) is 0 Å². The van der Waals surface area contributed by atoms with Crippen LogP contribution in [0.5, 0.6) is 5.75 Å². The molecule has 1 aromatic rings. The van der Waals surface area contributed by atoms with Crippen LogP contribution in [0.2, 0.25) is 0 Å². The number of rotatable bonds is 4. The predicted octanol–water partition coefficient (Wildman–Crippen LogP) is 2.69. The number of carbonyl (C=O) groups excluding carboxylic acids is 1. The van der Waals surface area contributed by atoms with Crippen molar-refractivity contribution in [2.24, 2.45) is 5.92 Å². The summed E-state index contributed by atoms with van der Waals surface area (Å²) >= 11 is 0. The molecule has 0 spiro atoms. The van der Waals surface area contributed by atoms with Crippen LogP contribution >= 0.6 is 0 Å². The van der Waals surface area contributed by atoms with E-state index in [-0.39, 0.29) is 0 Å². The summed E-state index contributed by atoms with van der Waals surface area (Å²) in [7, 11) is 1.65. The van der Waals surface area contributed by atoms with Crippen molar-refractivity contribution in [2.45, 2.75) is 12.8 Å². The molecule has 2 heteroatoms. The van der Waals surface area contributed by atoms with Gasteiger partial charge in [-0.05, 0) is 48.1 Å². The number of ether oxygens (including phenoxy) is 1. The minimum Gasteiger partial charge on any atom is -0.497 e. The zero-order valence-corrected chi connectivity index (χ0v) is 8.77. The number of hydrogen-bond donors (Lipinski definition) is 0. The fourth-order valence-electron chi connectivity index (χ4n) is 1.74. The van der Waals surface area contributed by atoms with Crippen molar-refractivity contribution in [2.75, 3.05) is 7.11 Å². The van der Waals surface area contributed by atoms with Crippen molar-refractivity contribution in [1.29, 1.82) is 0 Å². The van der Waals surface area contributed by atoms with Crippen molar-refractivity contribution >= 4 is 11.9 Å². The maximum absolute atomic E-state index is 10.6. The SMILES string of the molecule is COc1cccc(/C(=C\C=O)C2CC2)c1. The van der Waals surface area contributed by atoms with E-state index in [2.05, 4.69) is 0 Å². The molecule has 78 valence electrons. The molecule has 1 aliphatic rings. The van der Waals surface area contributed by atoms with Crippen molar-refractivity contribution in [3.05, 3.63) is 35.9 Å². The van der Waals surface area contributed by atoms with Gasteiger partial charge >= 0.3 is 0 Å². The molecule has 0 aromatic heterocycles. The van der Waals surface area contributed by atoms with Crippen LogP contribution in [0.25, 0.3) is 5.57 Å². The Morgan fingerprint density at radius 1 is 1.47 bits per heavy atom. The van der Waals surface area contributed by atoms with Crippen LogP contribution in [-0.2, 0) is 4.79 Å². The van der Waals surface area contributed by atoms with Crippen LogP contribution in [0.15, 0.2) is 30.3 Å². The molecule has 0 saturated heterocycles. The largest absolute Gasteiger partial charge is 0.497 e. The summed E-state index contributed by atoms with van der Waals surface area (Å²) < 4.78 is 5.17. The molecule has 2 nitrogen and oxygen atoms in total. The first-order valence-electron chi connectivity index (χ1n) is 5.15. The van der Waals surface area contributed by atoms with Crippen molar-refractivity contribution in [3.8, 4) is 5.75 Å². The van der Waals surface area contributed by atoms with Gasteiger partial charge in [0.2, 0.25) is 0 Å². The Kier molecular flexibility index (Phi) is 2.86. The maximum Gasteiger partial charge on any atom is 0.143 e. The van der Waals surface area contributed by atoms with Gasteiger partial charge in [-0.15, -0.1) is 0 Å². The highest BCUT2D eigenvalue weighted by molar-refractivity contribution is 5.83. The van der Waals surface area contributed by atoms with Gasteiger partial charge in [0, 0.05) is 0 Å². The van der Waals surface area contributed by atoms with Gasteiger partial charge in [0.15, 0.2) is 0 Å². The van der Waals surface area contributed by atoms with Gasteiger partial charge in [-0.3, -0.25) is 4.79 Å². The molecule has 2 rings (SSSR count). The number of allylic oxidation sites excluding steroid dienone is 2. The molecule has 0 heterocycles. The summed E-state index contributed by atoms with van der Waals surface area (Å²) in [5.74, 6) is 1.41. The van der Waals surface area contributed by atoms with E-state index in [1.165, 1.54) is 12.8 Å². The second-order valence-corrected chi connectivity index (χ2v) is 3.76. The van der Waals surface area contributed by atoms with E-state index in [1.807, 2.05) is 24.3 Å². The molecule has 0 unspecified atom stereocenters. The highest BCUT2D eigenvalue weighted by Gasteiger charge is 2.26. The lowest BCUT2D eigenvalue weighted by atomic mass is 10.0. The molecule has 0 N–H and O–H groups in total. The van der Waals surface area contributed by atoms with E-state index < -0.39 is 0 Å². The first kappa shape index (κ1) is 9.97. The Labute approximate surface area is 89.6 Å². The Bertz CT molecular complexity index is 389. The summed E-state index contributed by atoms with van der Waals surface area (Å²) in [5.41, 5.74) is 2.24. The fourth-order valence-corrected chi connectivity index (χ4v) is 1.74. The molecule has 0 bridgehead atoms. The van der Waals surface area contributed by atoms with Gasteiger partial charge in [0.25, 0.3) is 0 Å². The van der Waals surface area contributed by atoms with Crippen molar-refractivity contribution < 1.29 is 9.53 Å². The molecule has 0 radical (unpaired) electrons. The van der Waals surface area contributed by atoms with Gasteiger partial charge in [-0.1, -0.05) is 12.1 Å². The monoisotopic (exact) mass is 202 g/mol. The quantitative estimate of drug-likeness (QED) is 0.554. The minimum absolute atomic E-state index is 0.572.